The number of aromatic nitrogens is 2. The molecular weight excluding hydrogens is 267 g/mol. The number of nitrogens with zero attached hydrogens (tertiary/aromatic N) is 2. The third-order valence-electron chi connectivity index (χ3n) is 1.83. The molecule has 1 aromatic heterocycles. The molecule has 1 aromatic carbocycles. The van der Waals surface area contributed by atoms with Gasteiger partial charge in [0.05, 0.1) is 0 Å². The van der Waals surface area contributed by atoms with Gasteiger partial charge in [-0.3, -0.25) is 0 Å². The molecule has 14 heavy (non-hydrogen) atoms. The maximum atomic E-state index is 13.2. The summed E-state index contributed by atoms with van der Waals surface area (Å²) in [5, 5.41) is 0. The van der Waals surface area contributed by atoms with Crippen LogP contribution in [-0.2, 0) is 0 Å². The van der Waals surface area contributed by atoms with Gasteiger partial charge >= 0.3 is 0 Å². The van der Waals surface area contributed by atoms with Crippen LogP contribution in [0.3, 0.4) is 0 Å². The Morgan fingerprint density at radius 3 is 2.79 bits per heavy atom. The average molecular weight is 273 g/mol. The van der Waals surface area contributed by atoms with E-state index in [1.807, 2.05) is 6.07 Å². The predicted octanol–water partition coefficient (Wildman–Crippen LogP) is 3.42. The summed E-state index contributed by atoms with van der Waals surface area (Å²) in [5.41, 5.74) is 1.33. The Morgan fingerprint density at radius 1 is 1.43 bits per heavy atom. The van der Waals surface area contributed by atoms with Gasteiger partial charge in [0, 0.05) is 5.56 Å². The van der Waals surface area contributed by atoms with E-state index in [4.69, 9.17) is 0 Å². The van der Waals surface area contributed by atoms with Gasteiger partial charge in [-0.25, -0.2) is 9.37 Å². The van der Waals surface area contributed by atoms with Gasteiger partial charge in [-0.2, -0.15) is 4.37 Å². The van der Waals surface area contributed by atoms with Gasteiger partial charge < -0.3 is 0 Å². The molecule has 5 heteroatoms. The minimum atomic E-state index is -0.228. The van der Waals surface area contributed by atoms with Crippen molar-refractivity contribution in [3.63, 3.8) is 0 Å². The van der Waals surface area contributed by atoms with Gasteiger partial charge in [0.15, 0.2) is 9.74 Å². The van der Waals surface area contributed by atoms with Crippen LogP contribution in [-0.4, -0.2) is 9.36 Å². The molecule has 1 heterocycles. The highest BCUT2D eigenvalue weighted by Gasteiger charge is 2.06. The summed E-state index contributed by atoms with van der Waals surface area (Å²) in [6.45, 7) is 1.73. The molecule has 0 unspecified atom stereocenters. The minimum Gasteiger partial charge on any atom is -0.208 e. The Kier molecular flexibility index (Phi) is 2.60. The molecule has 0 radical (unpaired) electrons. The molecule has 0 spiro atoms. The monoisotopic (exact) mass is 272 g/mol. The largest absolute Gasteiger partial charge is 0.208 e. The van der Waals surface area contributed by atoms with Crippen LogP contribution >= 0.6 is 27.5 Å². The smallest absolute Gasteiger partial charge is 0.179 e. The molecule has 0 aliphatic carbocycles. The summed E-state index contributed by atoms with van der Waals surface area (Å²) in [6.07, 6.45) is 0. The van der Waals surface area contributed by atoms with Crippen LogP contribution in [0.5, 0.6) is 0 Å². The lowest BCUT2D eigenvalue weighted by atomic mass is 10.1. The van der Waals surface area contributed by atoms with Gasteiger partial charge in [-0.15, -0.1) is 0 Å². The third kappa shape index (κ3) is 1.83. The maximum Gasteiger partial charge on any atom is 0.179 e. The van der Waals surface area contributed by atoms with Crippen LogP contribution < -0.4 is 0 Å². The molecule has 0 bridgehead atoms. The summed E-state index contributed by atoms with van der Waals surface area (Å²) >= 11 is 4.46. The zero-order valence-electron chi connectivity index (χ0n) is 7.29. The van der Waals surface area contributed by atoms with Crippen molar-refractivity contribution in [1.29, 1.82) is 0 Å². The number of rotatable bonds is 1. The van der Waals surface area contributed by atoms with Gasteiger partial charge in [0.25, 0.3) is 0 Å². The quantitative estimate of drug-likeness (QED) is 0.795. The normalized spacial score (nSPS) is 10.5. The lowest BCUT2D eigenvalue weighted by Crippen LogP contribution is -1.85. The Balaban J connectivity index is 2.47. The van der Waals surface area contributed by atoms with Crippen LogP contribution in [0.15, 0.2) is 22.1 Å². The van der Waals surface area contributed by atoms with Crippen molar-refractivity contribution in [3.05, 3.63) is 33.5 Å². The van der Waals surface area contributed by atoms with Gasteiger partial charge in [-0.1, -0.05) is 12.1 Å². The van der Waals surface area contributed by atoms with Gasteiger partial charge in [0.1, 0.15) is 5.82 Å². The minimum absolute atomic E-state index is 0.228. The fourth-order valence-electron chi connectivity index (χ4n) is 1.05. The Labute approximate surface area is 93.1 Å². The van der Waals surface area contributed by atoms with E-state index in [1.165, 1.54) is 17.6 Å². The highest BCUT2D eigenvalue weighted by atomic mass is 79.9. The molecule has 72 valence electrons. The van der Waals surface area contributed by atoms with E-state index in [9.17, 15) is 4.39 Å². The summed E-state index contributed by atoms with van der Waals surface area (Å²) in [4.78, 5) is 4.11. The molecule has 0 saturated carbocycles. The number of aryl methyl sites for hydroxylation is 1. The third-order valence-corrected chi connectivity index (χ3v) is 2.95. The zero-order chi connectivity index (χ0) is 10.1. The molecule has 2 aromatic rings. The van der Waals surface area contributed by atoms with Crippen LogP contribution in [0.4, 0.5) is 4.39 Å². The molecule has 0 aliphatic heterocycles. The first-order valence-electron chi connectivity index (χ1n) is 3.92. The van der Waals surface area contributed by atoms with Crippen LogP contribution in [0.1, 0.15) is 5.56 Å². The lowest BCUT2D eigenvalue weighted by molar-refractivity contribution is 0.619. The van der Waals surface area contributed by atoms with Gasteiger partial charge in [0.2, 0.25) is 0 Å². The number of hydrogen-bond donors (Lipinski definition) is 0. The molecular formula is C9H6BrFN2S. The van der Waals surface area contributed by atoms with E-state index < -0.39 is 0 Å². The van der Waals surface area contributed by atoms with E-state index in [1.54, 1.807) is 13.0 Å². The van der Waals surface area contributed by atoms with E-state index in [-0.39, 0.29) is 5.82 Å². The zero-order valence-corrected chi connectivity index (χ0v) is 9.69. The molecule has 2 nitrogen and oxygen atoms in total. The maximum absolute atomic E-state index is 13.2. The lowest BCUT2D eigenvalue weighted by Gasteiger charge is -1.98. The highest BCUT2D eigenvalue weighted by molar-refractivity contribution is 9.11. The SMILES string of the molecule is Cc1ccc(-c2nsc(Br)n2)cc1F. The first kappa shape index (κ1) is 9.73. The topological polar surface area (TPSA) is 25.8 Å². The summed E-state index contributed by atoms with van der Waals surface area (Å²) < 4.78 is 18.0. The first-order valence-corrected chi connectivity index (χ1v) is 5.49. The molecule has 0 amide bonds. The summed E-state index contributed by atoms with van der Waals surface area (Å²) in [7, 11) is 0. The second-order valence-corrected chi connectivity index (χ2v) is 4.86. The summed E-state index contributed by atoms with van der Waals surface area (Å²) in [5.74, 6) is 0.328. The fourth-order valence-corrected chi connectivity index (χ4v) is 1.87. The van der Waals surface area contributed by atoms with Crippen LogP contribution in [0.25, 0.3) is 11.4 Å². The molecule has 0 atom stereocenters. The second kappa shape index (κ2) is 3.74. The fraction of sp³-hybridized carbons (Fsp3) is 0.111. The van der Waals surface area contributed by atoms with Crippen molar-refractivity contribution >= 4 is 27.5 Å². The van der Waals surface area contributed by atoms with Gasteiger partial charge in [-0.05, 0) is 46.0 Å². The predicted molar refractivity (Wildman–Crippen MR) is 57.7 cm³/mol. The number of hydrogen-bond acceptors (Lipinski definition) is 3. The molecule has 0 fully saturated rings. The van der Waals surface area contributed by atoms with E-state index in [2.05, 4.69) is 25.3 Å². The molecule has 2 rings (SSSR count). The van der Waals surface area contributed by atoms with E-state index in [0.717, 1.165) is 0 Å². The van der Waals surface area contributed by atoms with Crippen LogP contribution in [0, 0.1) is 12.7 Å². The number of halogens is 2. The van der Waals surface area contributed by atoms with E-state index in [0.29, 0.717) is 20.9 Å². The Morgan fingerprint density at radius 2 is 2.21 bits per heavy atom. The first-order chi connectivity index (χ1) is 6.66. The van der Waals surface area contributed by atoms with Crippen molar-refractivity contribution in [3.8, 4) is 11.4 Å². The van der Waals surface area contributed by atoms with Crippen molar-refractivity contribution < 1.29 is 4.39 Å². The highest BCUT2D eigenvalue weighted by Crippen LogP contribution is 2.22. The van der Waals surface area contributed by atoms with E-state index >= 15 is 0 Å². The summed E-state index contributed by atoms with van der Waals surface area (Å²) in [6, 6.07) is 4.98. The van der Waals surface area contributed by atoms with Crippen molar-refractivity contribution in [1.82, 2.24) is 9.36 Å². The molecule has 0 N–H and O–H groups in total. The van der Waals surface area contributed by atoms with Crippen LogP contribution in [0.2, 0.25) is 0 Å². The van der Waals surface area contributed by atoms with Crippen molar-refractivity contribution in [2.24, 2.45) is 0 Å². The Bertz CT molecular complexity index is 470. The van der Waals surface area contributed by atoms with Crippen molar-refractivity contribution in [2.75, 3.05) is 0 Å². The molecule has 0 saturated heterocycles. The Hall–Kier alpha value is -0.810. The average Bonchev–Trinajstić information content (AvgIpc) is 2.57. The second-order valence-electron chi connectivity index (χ2n) is 2.83. The van der Waals surface area contributed by atoms with Crippen molar-refractivity contribution in [2.45, 2.75) is 6.92 Å². The standard InChI is InChI=1S/C9H6BrFN2S/c1-5-2-3-6(4-7(5)11)8-12-9(10)14-13-8/h2-4H,1H3. The number of benzene rings is 1. The molecule has 0 aliphatic rings.